The summed E-state index contributed by atoms with van der Waals surface area (Å²) in [6, 6.07) is 1.16. The third-order valence-corrected chi connectivity index (χ3v) is 2.36. The Morgan fingerprint density at radius 1 is 1.60 bits per heavy atom. The Morgan fingerprint density at radius 2 is 2.30 bits per heavy atom. The first-order valence-electron chi connectivity index (χ1n) is 5.60. The Morgan fingerprint density at radius 3 is 2.80 bits per heavy atom. The molecule has 0 spiro atoms. The Bertz CT molecular complexity index is 500. The number of ether oxygens (including phenoxy) is 1. The summed E-state index contributed by atoms with van der Waals surface area (Å²) in [5, 5.41) is 22.8. The molecule has 10 nitrogen and oxygen atoms in total. The van der Waals surface area contributed by atoms with Crippen LogP contribution in [0.25, 0.3) is 0 Å². The second-order valence-corrected chi connectivity index (χ2v) is 3.83. The second-order valence-electron chi connectivity index (χ2n) is 3.83. The molecule has 20 heavy (non-hydrogen) atoms. The van der Waals surface area contributed by atoms with Crippen molar-refractivity contribution in [2.24, 2.45) is 0 Å². The van der Waals surface area contributed by atoms with Crippen molar-refractivity contribution >= 4 is 17.7 Å². The maximum Gasteiger partial charge on any atom is 0.389 e. The van der Waals surface area contributed by atoms with Gasteiger partial charge in [0.15, 0.2) is 0 Å². The number of carboxylic acid groups (broad SMARTS) is 1. The van der Waals surface area contributed by atoms with Crippen LogP contribution in [-0.2, 0) is 20.9 Å². The summed E-state index contributed by atoms with van der Waals surface area (Å²) in [5.74, 6) is -2.04. The monoisotopic (exact) mass is 286 g/mol. The van der Waals surface area contributed by atoms with Crippen LogP contribution in [0.4, 0.5) is 5.82 Å². The van der Waals surface area contributed by atoms with Crippen molar-refractivity contribution in [2.75, 3.05) is 26.8 Å². The Labute approximate surface area is 113 Å². The lowest BCUT2D eigenvalue weighted by Gasteiger charge is -2.19. The zero-order valence-electron chi connectivity index (χ0n) is 10.8. The number of carboxylic acids is 1. The van der Waals surface area contributed by atoms with E-state index in [4.69, 9.17) is 9.84 Å². The first kappa shape index (κ1) is 15.6. The van der Waals surface area contributed by atoms with Gasteiger partial charge in [-0.3, -0.25) is 9.59 Å². The van der Waals surface area contributed by atoms with E-state index in [2.05, 4.69) is 5.10 Å². The summed E-state index contributed by atoms with van der Waals surface area (Å²) >= 11 is 0. The molecule has 1 aromatic rings. The van der Waals surface area contributed by atoms with Gasteiger partial charge in [0.05, 0.1) is 24.0 Å². The fraction of sp³-hybridized carbons (Fsp3) is 0.500. The molecule has 0 radical (unpaired) electrons. The molecule has 1 amide bonds. The second kappa shape index (κ2) is 7.19. The minimum Gasteiger partial charge on any atom is -0.480 e. The molecular formula is C10H14N4O6. The maximum atomic E-state index is 11.9. The number of hydrogen-bond donors (Lipinski definition) is 1. The predicted molar refractivity (Wildman–Crippen MR) is 65.0 cm³/mol. The Balaban J connectivity index is 2.68. The number of carbonyl (C=O) groups excluding carboxylic acids is 1. The SMILES string of the molecule is COCCN(CC(=O)O)C(=O)Cn1ccc([N+](=O)[O-])n1. The summed E-state index contributed by atoms with van der Waals surface area (Å²) in [6.45, 7) is -0.431. The lowest BCUT2D eigenvalue weighted by atomic mass is 10.4. The third-order valence-electron chi connectivity index (χ3n) is 2.36. The summed E-state index contributed by atoms with van der Waals surface area (Å²) < 4.78 is 5.88. The third kappa shape index (κ3) is 4.65. The van der Waals surface area contributed by atoms with Gasteiger partial charge in [0, 0.05) is 13.7 Å². The number of nitro groups is 1. The largest absolute Gasteiger partial charge is 0.480 e. The quantitative estimate of drug-likeness (QED) is 0.496. The molecule has 0 fully saturated rings. The van der Waals surface area contributed by atoms with Crippen LogP contribution in [0.15, 0.2) is 12.3 Å². The highest BCUT2D eigenvalue weighted by molar-refractivity contribution is 5.81. The molecule has 0 bridgehead atoms. The molecule has 0 saturated heterocycles. The minimum absolute atomic E-state index is 0.116. The number of amides is 1. The first-order valence-corrected chi connectivity index (χ1v) is 5.60. The van der Waals surface area contributed by atoms with Crippen LogP contribution in [0.2, 0.25) is 0 Å². The predicted octanol–water partition coefficient (Wildman–Crippen LogP) is -0.649. The minimum atomic E-state index is -1.15. The van der Waals surface area contributed by atoms with E-state index in [0.29, 0.717) is 0 Å². The van der Waals surface area contributed by atoms with Gasteiger partial charge in [0.25, 0.3) is 0 Å². The van der Waals surface area contributed by atoms with E-state index in [9.17, 15) is 19.7 Å². The van der Waals surface area contributed by atoms with Crippen LogP contribution in [0.5, 0.6) is 0 Å². The van der Waals surface area contributed by atoms with E-state index in [1.807, 2.05) is 0 Å². The maximum absolute atomic E-state index is 11.9. The van der Waals surface area contributed by atoms with E-state index in [0.717, 1.165) is 15.6 Å². The summed E-state index contributed by atoms with van der Waals surface area (Å²) in [7, 11) is 1.43. The van der Waals surface area contributed by atoms with E-state index in [1.165, 1.54) is 13.3 Å². The number of hydrogen-bond acceptors (Lipinski definition) is 6. The number of carbonyl (C=O) groups is 2. The zero-order chi connectivity index (χ0) is 15.1. The van der Waals surface area contributed by atoms with Crippen molar-refractivity contribution in [3.8, 4) is 0 Å². The van der Waals surface area contributed by atoms with Crippen molar-refractivity contribution < 1.29 is 24.4 Å². The van der Waals surface area contributed by atoms with Gasteiger partial charge in [-0.25, -0.2) is 0 Å². The molecule has 0 aliphatic rings. The number of aliphatic carboxylic acids is 1. The molecule has 0 atom stereocenters. The first-order chi connectivity index (χ1) is 9.43. The van der Waals surface area contributed by atoms with Gasteiger partial charge < -0.3 is 24.9 Å². The lowest BCUT2D eigenvalue weighted by molar-refractivity contribution is -0.389. The lowest BCUT2D eigenvalue weighted by Crippen LogP contribution is -2.40. The van der Waals surface area contributed by atoms with E-state index in [-0.39, 0.29) is 25.5 Å². The van der Waals surface area contributed by atoms with Crippen molar-refractivity contribution in [3.05, 3.63) is 22.4 Å². The topological polar surface area (TPSA) is 128 Å². The highest BCUT2D eigenvalue weighted by atomic mass is 16.6. The number of rotatable bonds is 8. The number of aromatic nitrogens is 2. The molecule has 110 valence electrons. The zero-order valence-corrected chi connectivity index (χ0v) is 10.8. The van der Waals surface area contributed by atoms with E-state index >= 15 is 0 Å². The molecule has 1 aromatic heterocycles. The van der Waals surface area contributed by atoms with Crippen LogP contribution in [0, 0.1) is 10.1 Å². The summed E-state index contributed by atoms with van der Waals surface area (Å²) in [6.07, 6.45) is 1.28. The summed E-state index contributed by atoms with van der Waals surface area (Å²) in [5.41, 5.74) is 0. The normalized spacial score (nSPS) is 10.2. The standard InChI is InChI=1S/C10H14N4O6/c1-20-5-4-12(7-10(16)17)9(15)6-13-3-2-8(11-13)14(18)19/h2-3H,4-7H2,1H3,(H,16,17). The number of nitrogens with zero attached hydrogens (tertiary/aromatic N) is 4. The van der Waals surface area contributed by atoms with Crippen LogP contribution in [0.1, 0.15) is 0 Å². The molecule has 1 heterocycles. The van der Waals surface area contributed by atoms with Gasteiger partial charge in [0.1, 0.15) is 13.1 Å². The van der Waals surface area contributed by atoms with Gasteiger partial charge in [-0.05, 0) is 4.92 Å². The molecule has 0 saturated carbocycles. The van der Waals surface area contributed by atoms with Crippen molar-refractivity contribution in [1.29, 1.82) is 0 Å². The smallest absolute Gasteiger partial charge is 0.389 e. The Kier molecular flexibility index (Phi) is 5.59. The molecule has 1 N–H and O–H groups in total. The highest BCUT2D eigenvalue weighted by Crippen LogP contribution is 2.05. The highest BCUT2D eigenvalue weighted by Gasteiger charge is 2.19. The molecule has 1 rings (SSSR count). The molecular weight excluding hydrogens is 272 g/mol. The fourth-order valence-corrected chi connectivity index (χ4v) is 1.43. The van der Waals surface area contributed by atoms with Crippen LogP contribution >= 0.6 is 0 Å². The van der Waals surface area contributed by atoms with Gasteiger partial charge in [0.2, 0.25) is 5.91 Å². The summed E-state index contributed by atoms with van der Waals surface area (Å²) in [4.78, 5) is 33.5. The van der Waals surface area contributed by atoms with Crippen LogP contribution < -0.4 is 0 Å². The molecule has 0 unspecified atom stereocenters. The van der Waals surface area contributed by atoms with E-state index in [1.54, 1.807) is 0 Å². The van der Waals surface area contributed by atoms with Crippen molar-refractivity contribution in [1.82, 2.24) is 14.7 Å². The fourth-order valence-electron chi connectivity index (χ4n) is 1.43. The van der Waals surface area contributed by atoms with Gasteiger partial charge in [-0.15, -0.1) is 0 Å². The van der Waals surface area contributed by atoms with Crippen molar-refractivity contribution in [2.45, 2.75) is 6.54 Å². The molecule has 10 heteroatoms. The van der Waals surface area contributed by atoms with Gasteiger partial charge in [-0.2, -0.15) is 4.68 Å². The van der Waals surface area contributed by atoms with Crippen LogP contribution in [-0.4, -0.2) is 63.4 Å². The molecule has 0 aliphatic heterocycles. The number of methoxy groups -OCH3 is 1. The average Bonchev–Trinajstić information content (AvgIpc) is 2.82. The van der Waals surface area contributed by atoms with Gasteiger partial charge in [-0.1, -0.05) is 0 Å². The molecule has 0 aliphatic carbocycles. The molecule has 0 aromatic carbocycles. The van der Waals surface area contributed by atoms with Gasteiger partial charge >= 0.3 is 11.8 Å². The van der Waals surface area contributed by atoms with E-state index < -0.39 is 23.3 Å². The Hall–Kier alpha value is -2.49. The van der Waals surface area contributed by atoms with Crippen LogP contribution in [0.3, 0.4) is 0 Å². The average molecular weight is 286 g/mol. The van der Waals surface area contributed by atoms with Crippen molar-refractivity contribution in [3.63, 3.8) is 0 Å².